The van der Waals surface area contributed by atoms with Gasteiger partial charge in [-0.15, -0.1) is 0 Å². The molecule has 3 heteroatoms. The third-order valence-corrected chi connectivity index (χ3v) is 4.16. The first-order valence-corrected chi connectivity index (χ1v) is 6.78. The molecule has 0 aliphatic heterocycles. The second kappa shape index (κ2) is 3.98. The lowest BCUT2D eigenvalue weighted by atomic mass is 9.79. The molecule has 17 heavy (non-hydrogen) atoms. The van der Waals surface area contributed by atoms with Crippen molar-refractivity contribution < 1.29 is 4.79 Å². The number of ketones is 1. The molecule has 1 saturated carbocycles. The Balaban J connectivity index is 2.16. The van der Waals surface area contributed by atoms with Crippen molar-refractivity contribution in [3.63, 3.8) is 0 Å². The van der Waals surface area contributed by atoms with Crippen LogP contribution in [-0.2, 0) is 0 Å². The highest BCUT2D eigenvalue weighted by Crippen LogP contribution is 2.34. The van der Waals surface area contributed by atoms with Crippen molar-refractivity contribution in [2.75, 3.05) is 0 Å². The van der Waals surface area contributed by atoms with Gasteiger partial charge in [0.15, 0.2) is 5.78 Å². The summed E-state index contributed by atoms with van der Waals surface area (Å²) in [5.41, 5.74) is 2.94. The highest BCUT2D eigenvalue weighted by atomic mass is 79.9. The van der Waals surface area contributed by atoms with Gasteiger partial charge in [-0.05, 0) is 38.0 Å². The fourth-order valence-electron chi connectivity index (χ4n) is 2.49. The Morgan fingerprint density at radius 3 is 2.82 bits per heavy atom. The standard InChI is InChI=1S/C14H14BrNO/c1-8-13(14(17)9-3-2-4-9)11-7-10(15)5-6-12(11)16-8/h5-7,9,16H,2-4H2,1H3. The Bertz CT molecular complexity index is 596. The van der Waals surface area contributed by atoms with Gasteiger partial charge in [-0.3, -0.25) is 4.79 Å². The fourth-order valence-corrected chi connectivity index (χ4v) is 2.85. The third-order valence-electron chi connectivity index (χ3n) is 3.67. The van der Waals surface area contributed by atoms with Crippen molar-refractivity contribution in [1.82, 2.24) is 4.98 Å². The van der Waals surface area contributed by atoms with Crippen LogP contribution in [0, 0.1) is 12.8 Å². The molecule has 0 radical (unpaired) electrons. The lowest BCUT2D eigenvalue weighted by Crippen LogP contribution is -2.22. The number of aromatic amines is 1. The summed E-state index contributed by atoms with van der Waals surface area (Å²) in [5, 5.41) is 1.05. The van der Waals surface area contributed by atoms with E-state index in [1.165, 1.54) is 6.42 Å². The van der Waals surface area contributed by atoms with Crippen LogP contribution in [0.2, 0.25) is 0 Å². The summed E-state index contributed by atoms with van der Waals surface area (Å²) < 4.78 is 1.02. The molecule has 1 aromatic carbocycles. The molecule has 1 fully saturated rings. The number of rotatable bonds is 2. The molecule has 0 unspecified atom stereocenters. The van der Waals surface area contributed by atoms with Crippen molar-refractivity contribution in [2.24, 2.45) is 5.92 Å². The van der Waals surface area contributed by atoms with Crippen molar-refractivity contribution in [1.29, 1.82) is 0 Å². The maximum Gasteiger partial charge on any atom is 0.168 e. The molecule has 2 nitrogen and oxygen atoms in total. The van der Waals surface area contributed by atoms with Crippen LogP contribution in [0.5, 0.6) is 0 Å². The Hall–Kier alpha value is -1.09. The highest BCUT2D eigenvalue weighted by molar-refractivity contribution is 9.10. The normalized spacial score (nSPS) is 16.1. The zero-order valence-corrected chi connectivity index (χ0v) is 11.3. The second-order valence-electron chi connectivity index (χ2n) is 4.81. The number of halogens is 1. The van der Waals surface area contributed by atoms with Gasteiger partial charge in [0.05, 0.1) is 0 Å². The Kier molecular flexibility index (Phi) is 2.58. The van der Waals surface area contributed by atoms with Gasteiger partial charge >= 0.3 is 0 Å². The van der Waals surface area contributed by atoms with E-state index in [1.807, 2.05) is 25.1 Å². The number of fused-ring (bicyclic) bond motifs is 1. The fraction of sp³-hybridized carbons (Fsp3) is 0.357. The summed E-state index contributed by atoms with van der Waals surface area (Å²) in [6, 6.07) is 6.05. The number of nitrogens with one attached hydrogen (secondary N) is 1. The molecule has 0 spiro atoms. The molecule has 0 saturated heterocycles. The quantitative estimate of drug-likeness (QED) is 0.826. The predicted octanol–water partition coefficient (Wildman–Crippen LogP) is 4.22. The van der Waals surface area contributed by atoms with E-state index in [9.17, 15) is 4.79 Å². The first-order valence-electron chi connectivity index (χ1n) is 5.99. The van der Waals surface area contributed by atoms with Gasteiger partial charge in [-0.1, -0.05) is 22.4 Å². The largest absolute Gasteiger partial charge is 0.358 e. The number of Topliss-reactive ketones (excluding diaryl/α,β-unsaturated/α-hetero) is 1. The molecule has 3 rings (SSSR count). The molecule has 2 aromatic rings. The van der Waals surface area contributed by atoms with E-state index in [-0.39, 0.29) is 5.92 Å². The number of aryl methyl sites for hydroxylation is 1. The van der Waals surface area contributed by atoms with E-state index in [4.69, 9.17) is 0 Å². The molecular weight excluding hydrogens is 278 g/mol. The third kappa shape index (κ3) is 1.73. The molecule has 88 valence electrons. The van der Waals surface area contributed by atoms with Crippen LogP contribution in [0.4, 0.5) is 0 Å². The average molecular weight is 292 g/mol. The van der Waals surface area contributed by atoms with E-state index in [0.717, 1.165) is 39.5 Å². The van der Waals surface area contributed by atoms with Crippen LogP contribution >= 0.6 is 15.9 Å². The molecule has 1 N–H and O–H groups in total. The van der Waals surface area contributed by atoms with Crippen LogP contribution in [0.3, 0.4) is 0 Å². The van der Waals surface area contributed by atoms with Crippen LogP contribution in [0.15, 0.2) is 22.7 Å². The summed E-state index contributed by atoms with van der Waals surface area (Å²) in [6.07, 6.45) is 3.30. The van der Waals surface area contributed by atoms with Crippen molar-refractivity contribution >= 4 is 32.6 Å². The molecule has 1 aliphatic carbocycles. The van der Waals surface area contributed by atoms with Crippen molar-refractivity contribution in [2.45, 2.75) is 26.2 Å². The van der Waals surface area contributed by atoms with Crippen LogP contribution < -0.4 is 0 Å². The van der Waals surface area contributed by atoms with Crippen LogP contribution in [-0.4, -0.2) is 10.8 Å². The summed E-state index contributed by atoms with van der Waals surface area (Å²) in [7, 11) is 0. The van der Waals surface area contributed by atoms with Gasteiger partial charge in [-0.2, -0.15) is 0 Å². The van der Waals surface area contributed by atoms with E-state index < -0.39 is 0 Å². The van der Waals surface area contributed by atoms with Crippen molar-refractivity contribution in [3.8, 4) is 0 Å². The van der Waals surface area contributed by atoms with E-state index in [0.29, 0.717) is 5.78 Å². The van der Waals surface area contributed by atoms with E-state index in [2.05, 4.69) is 20.9 Å². The monoisotopic (exact) mass is 291 g/mol. The molecule has 0 bridgehead atoms. The molecule has 1 heterocycles. The zero-order valence-electron chi connectivity index (χ0n) is 9.72. The van der Waals surface area contributed by atoms with Gasteiger partial charge in [0.25, 0.3) is 0 Å². The number of hydrogen-bond acceptors (Lipinski definition) is 1. The number of hydrogen-bond donors (Lipinski definition) is 1. The van der Waals surface area contributed by atoms with Gasteiger partial charge in [-0.25, -0.2) is 0 Å². The number of carbonyl (C=O) groups excluding carboxylic acids is 1. The highest BCUT2D eigenvalue weighted by Gasteiger charge is 2.29. The molecular formula is C14H14BrNO. The minimum atomic E-state index is 0.256. The predicted molar refractivity (Wildman–Crippen MR) is 72.4 cm³/mol. The van der Waals surface area contributed by atoms with Gasteiger partial charge < -0.3 is 4.98 Å². The second-order valence-corrected chi connectivity index (χ2v) is 5.72. The number of aromatic nitrogens is 1. The smallest absolute Gasteiger partial charge is 0.168 e. The maximum atomic E-state index is 12.4. The minimum absolute atomic E-state index is 0.256. The molecule has 0 atom stereocenters. The van der Waals surface area contributed by atoms with E-state index in [1.54, 1.807) is 0 Å². The SMILES string of the molecule is Cc1[nH]c2ccc(Br)cc2c1C(=O)C1CCC1. The lowest BCUT2D eigenvalue weighted by molar-refractivity contribution is 0.0856. The van der Waals surface area contributed by atoms with Crippen molar-refractivity contribution in [3.05, 3.63) is 33.9 Å². The number of benzene rings is 1. The summed E-state index contributed by atoms with van der Waals surface area (Å²) >= 11 is 3.47. The topological polar surface area (TPSA) is 32.9 Å². The van der Waals surface area contributed by atoms with Crippen LogP contribution in [0.1, 0.15) is 35.3 Å². The molecule has 1 aromatic heterocycles. The zero-order chi connectivity index (χ0) is 12.0. The molecule has 1 aliphatic rings. The Morgan fingerprint density at radius 1 is 1.41 bits per heavy atom. The first kappa shape index (κ1) is 11.0. The first-order chi connectivity index (χ1) is 8.16. The lowest BCUT2D eigenvalue weighted by Gasteiger charge is -2.23. The summed E-state index contributed by atoms with van der Waals surface area (Å²) in [5.74, 6) is 0.574. The Morgan fingerprint density at radius 2 is 2.18 bits per heavy atom. The van der Waals surface area contributed by atoms with Gasteiger partial charge in [0.1, 0.15) is 0 Å². The van der Waals surface area contributed by atoms with Crippen LogP contribution in [0.25, 0.3) is 10.9 Å². The average Bonchev–Trinajstić information content (AvgIpc) is 2.50. The maximum absolute atomic E-state index is 12.4. The van der Waals surface area contributed by atoms with E-state index >= 15 is 0 Å². The van der Waals surface area contributed by atoms with Gasteiger partial charge in [0.2, 0.25) is 0 Å². The van der Waals surface area contributed by atoms with Gasteiger partial charge in [0, 0.05) is 32.6 Å². The number of carbonyl (C=O) groups is 1. The number of H-pyrrole nitrogens is 1. The summed E-state index contributed by atoms with van der Waals surface area (Å²) in [6.45, 7) is 1.99. The molecule has 0 amide bonds. The minimum Gasteiger partial charge on any atom is -0.358 e. The summed E-state index contributed by atoms with van der Waals surface area (Å²) in [4.78, 5) is 15.7. The Labute approximate surface area is 109 Å².